The minimum absolute atomic E-state index is 0.529. The van der Waals surface area contributed by atoms with Crippen molar-refractivity contribution in [2.45, 2.75) is 70.9 Å². The van der Waals surface area contributed by atoms with E-state index in [-0.39, 0.29) is 0 Å². The zero-order valence-corrected chi connectivity index (χ0v) is 13.9. The van der Waals surface area contributed by atoms with E-state index in [0.717, 1.165) is 13.2 Å². The Morgan fingerprint density at radius 2 is 2.00 bits per heavy atom. The molecule has 21 heavy (non-hydrogen) atoms. The van der Waals surface area contributed by atoms with Crippen LogP contribution in [-0.4, -0.2) is 25.3 Å². The Balaban J connectivity index is 1.86. The molecule has 2 heteroatoms. The normalized spacial score (nSPS) is 20.1. The molecule has 2 atom stereocenters. The summed E-state index contributed by atoms with van der Waals surface area (Å²) in [5, 5.41) is 3.61. The molecule has 118 valence electrons. The van der Waals surface area contributed by atoms with Crippen LogP contribution in [0.4, 0.5) is 0 Å². The third kappa shape index (κ3) is 5.80. The summed E-state index contributed by atoms with van der Waals surface area (Å²) in [6.45, 7) is 8.65. The Hall–Kier alpha value is -0.860. The molecule has 2 nitrogen and oxygen atoms in total. The Bertz CT molecular complexity index is 393. The largest absolute Gasteiger partial charge is 0.378 e. The predicted octanol–water partition coefficient (Wildman–Crippen LogP) is 4.43. The van der Waals surface area contributed by atoms with Gasteiger partial charge in [0.05, 0.1) is 6.10 Å². The molecular formula is C19H31NO. The first-order chi connectivity index (χ1) is 10.1. The van der Waals surface area contributed by atoms with E-state index in [4.69, 9.17) is 4.74 Å². The molecule has 0 amide bonds. The van der Waals surface area contributed by atoms with Crippen molar-refractivity contribution in [3.05, 3.63) is 35.4 Å². The van der Waals surface area contributed by atoms with E-state index in [9.17, 15) is 0 Å². The Labute approximate surface area is 130 Å². The third-order valence-electron chi connectivity index (χ3n) is 4.42. The molecule has 1 aliphatic heterocycles. The minimum Gasteiger partial charge on any atom is -0.378 e. The van der Waals surface area contributed by atoms with Gasteiger partial charge >= 0.3 is 0 Å². The first kappa shape index (κ1) is 16.5. The first-order valence-corrected chi connectivity index (χ1v) is 8.56. The van der Waals surface area contributed by atoms with E-state index >= 15 is 0 Å². The second kappa shape index (κ2) is 8.55. The Morgan fingerprint density at radius 3 is 2.62 bits per heavy atom. The van der Waals surface area contributed by atoms with Crippen LogP contribution >= 0.6 is 0 Å². The summed E-state index contributed by atoms with van der Waals surface area (Å²) in [5.74, 6) is 0.620. The average Bonchev–Trinajstić information content (AvgIpc) is 2.97. The number of ether oxygens (including phenoxy) is 1. The molecule has 1 aromatic rings. The number of aryl methyl sites for hydroxylation is 1. The van der Waals surface area contributed by atoms with E-state index < -0.39 is 0 Å². The molecular weight excluding hydrogens is 258 g/mol. The molecule has 1 N–H and O–H groups in total. The Morgan fingerprint density at radius 1 is 1.24 bits per heavy atom. The zero-order valence-electron chi connectivity index (χ0n) is 13.9. The summed E-state index contributed by atoms with van der Waals surface area (Å²) in [5.41, 5.74) is 2.81. The second-order valence-corrected chi connectivity index (χ2v) is 6.74. The van der Waals surface area contributed by atoms with E-state index in [1.165, 1.54) is 43.2 Å². The van der Waals surface area contributed by atoms with Crippen LogP contribution in [0.3, 0.4) is 0 Å². The van der Waals surface area contributed by atoms with Gasteiger partial charge in [-0.3, -0.25) is 0 Å². The molecule has 0 bridgehead atoms. The molecule has 2 rings (SSSR count). The van der Waals surface area contributed by atoms with Crippen molar-refractivity contribution in [2.75, 3.05) is 13.2 Å². The molecule has 0 aromatic heterocycles. The highest BCUT2D eigenvalue weighted by molar-refractivity contribution is 5.24. The van der Waals surface area contributed by atoms with Crippen molar-refractivity contribution in [3.63, 3.8) is 0 Å². The lowest BCUT2D eigenvalue weighted by molar-refractivity contribution is 0.101. The Kier molecular flexibility index (Phi) is 6.72. The number of benzene rings is 1. The van der Waals surface area contributed by atoms with Crippen LogP contribution in [0.15, 0.2) is 24.3 Å². The minimum atomic E-state index is 0.529. The van der Waals surface area contributed by atoms with E-state index in [1.807, 2.05) is 0 Å². The van der Waals surface area contributed by atoms with Crippen molar-refractivity contribution < 1.29 is 4.74 Å². The summed E-state index contributed by atoms with van der Waals surface area (Å²) < 4.78 is 5.74. The first-order valence-electron chi connectivity index (χ1n) is 8.56. The fourth-order valence-corrected chi connectivity index (χ4v) is 3.07. The topological polar surface area (TPSA) is 21.3 Å². The van der Waals surface area contributed by atoms with Gasteiger partial charge in [-0.2, -0.15) is 0 Å². The summed E-state index contributed by atoms with van der Waals surface area (Å²) >= 11 is 0. The van der Waals surface area contributed by atoms with Crippen molar-refractivity contribution >= 4 is 0 Å². The predicted molar refractivity (Wildman–Crippen MR) is 89.9 cm³/mol. The van der Waals surface area contributed by atoms with E-state index in [1.54, 1.807) is 0 Å². The van der Waals surface area contributed by atoms with Crippen molar-refractivity contribution in [2.24, 2.45) is 0 Å². The average molecular weight is 289 g/mol. The van der Waals surface area contributed by atoms with Gasteiger partial charge in [0.15, 0.2) is 0 Å². The highest BCUT2D eigenvalue weighted by Gasteiger charge is 2.17. The standard InChI is InChI=1S/C19H31NO/c1-15(2)20-14-18(17-11-9-16(3)10-12-17)6-4-7-19-8-5-13-21-19/h9-12,15,18-20H,4-8,13-14H2,1-3H3. The van der Waals surface area contributed by atoms with Gasteiger partial charge < -0.3 is 10.1 Å². The van der Waals surface area contributed by atoms with Crippen LogP contribution in [-0.2, 0) is 4.74 Å². The molecule has 2 unspecified atom stereocenters. The molecule has 1 saturated heterocycles. The highest BCUT2D eigenvalue weighted by Crippen LogP contribution is 2.25. The molecule has 1 fully saturated rings. The number of nitrogens with one attached hydrogen (secondary N) is 1. The van der Waals surface area contributed by atoms with Crippen molar-refractivity contribution in [1.29, 1.82) is 0 Å². The van der Waals surface area contributed by atoms with Gasteiger partial charge in [0.2, 0.25) is 0 Å². The van der Waals surface area contributed by atoms with Crippen molar-refractivity contribution in [3.8, 4) is 0 Å². The zero-order chi connectivity index (χ0) is 15.1. The fraction of sp³-hybridized carbons (Fsp3) is 0.684. The smallest absolute Gasteiger partial charge is 0.0576 e. The SMILES string of the molecule is Cc1ccc(C(CCCC2CCCO2)CNC(C)C)cc1. The van der Waals surface area contributed by atoms with Gasteiger partial charge in [-0.1, -0.05) is 50.1 Å². The van der Waals surface area contributed by atoms with Gasteiger partial charge in [-0.25, -0.2) is 0 Å². The van der Waals surface area contributed by atoms with Gasteiger partial charge in [-0.15, -0.1) is 0 Å². The van der Waals surface area contributed by atoms with Crippen LogP contribution in [0.5, 0.6) is 0 Å². The lowest BCUT2D eigenvalue weighted by Gasteiger charge is -2.21. The molecule has 1 aliphatic rings. The van der Waals surface area contributed by atoms with Crippen LogP contribution in [0.2, 0.25) is 0 Å². The fourth-order valence-electron chi connectivity index (χ4n) is 3.07. The lowest BCUT2D eigenvalue weighted by Crippen LogP contribution is -2.28. The second-order valence-electron chi connectivity index (χ2n) is 6.74. The quantitative estimate of drug-likeness (QED) is 0.764. The summed E-state index contributed by atoms with van der Waals surface area (Å²) in [6, 6.07) is 9.62. The van der Waals surface area contributed by atoms with Gasteiger partial charge in [-0.05, 0) is 44.1 Å². The van der Waals surface area contributed by atoms with Gasteiger partial charge in [0.25, 0.3) is 0 Å². The molecule has 1 heterocycles. The molecule has 0 aliphatic carbocycles. The molecule has 1 aromatic carbocycles. The maximum absolute atomic E-state index is 5.74. The van der Waals surface area contributed by atoms with Crippen LogP contribution in [0, 0.1) is 6.92 Å². The summed E-state index contributed by atoms with van der Waals surface area (Å²) in [7, 11) is 0. The number of hydrogen-bond acceptors (Lipinski definition) is 2. The van der Waals surface area contributed by atoms with E-state index in [2.05, 4.69) is 50.4 Å². The van der Waals surface area contributed by atoms with Gasteiger partial charge in [0.1, 0.15) is 0 Å². The third-order valence-corrected chi connectivity index (χ3v) is 4.42. The van der Waals surface area contributed by atoms with Gasteiger partial charge in [0, 0.05) is 19.2 Å². The maximum atomic E-state index is 5.74. The maximum Gasteiger partial charge on any atom is 0.0576 e. The monoisotopic (exact) mass is 289 g/mol. The highest BCUT2D eigenvalue weighted by atomic mass is 16.5. The number of hydrogen-bond donors (Lipinski definition) is 1. The summed E-state index contributed by atoms with van der Waals surface area (Å²) in [6.07, 6.45) is 6.79. The lowest BCUT2D eigenvalue weighted by atomic mass is 9.91. The summed E-state index contributed by atoms with van der Waals surface area (Å²) in [4.78, 5) is 0. The van der Waals surface area contributed by atoms with Crippen LogP contribution in [0.1, 0.15) is 63.0 Å². The van der Waals surface area contributed by atoms with Crippen LogP contribution in [0.25, 0.3) is 0 Å². The molecule has 0 radical (unpaired) electrons. The molecule has 0 saturated carbocycles. The molecule has 0 spiro atoms. The van der Waals surface area contributed by atoms with Crippen LogP contribution < -0.4 is 5.32 Å². The van der Waals surface area contributed by atoms with E-state index in [0.29, 0.717) is 18.1 Å². The van der Waals surface area contributed by atoms with Crippen molar-refractivity contribution in [1.82, 2.24) is 5.32 Å². The number of rotatable bonds is 8.